The van der Waals surface area contributed by atoms with Crippen LogP contribution in [0.15, 0.2) is 36.4 Å². The third kappa shape index (κ3) is 2.23. The van der Waals surface area contributed by atoms with E-state index in [9.17, 15) is 13.2 Å². The van der Waals surface area contributed by atoms with E-state index in [2.05, 4.69) is 0 Å². The maximum absolute atomic E-state index is 13.7. The van der Waals surface area contributed by atoms with Gasteiger partial charge in [0.1, 0.15) is 23.2 Å². The number of nitrogens with zero attached hydrogens (tertiary/aromatic N) is 1. The van der Waals surface area contributed by atoms with E-state index in [0.717, 1.165) is 6.07 Å². The van der Waals surface area contributed by atoms with Gasteiger partial charge in [-0.2, -0.15) is 0 Å². The van der Waals surface area contributed by atoms with Gasteiger partial charge in [-0.1, -0.05) is 0 Å². The lowest BCUT2D eigenvalue weighted by atomic mass is 10.1. The van der Waals surface area contributed by atoms with E-state index in [1.807, 2.05) is 0 Å². The molecule has 0 bridgehead atoms. The van der Waals surface area contributed by atoms with Crippen LogP contribution in [0.2, 0.25) is 0 Å². The molecule has 0 unspecified atom stereocenters. The zero-order valence-electron chi connectivity index (χ0n) is 9.87. The number of hydrogen-bond donors (Lipinski definition) is 0. The van der Waals surface area contributed by atoms with E-state index in [1.165, 1.54) is 24.3 Å². The summed E-state index contributed by atoms with van der Waals surface area (Å²) in [5, 5.41) is 0. The number of hydrogen-bond acceptors (Lipinski definition) is 2. The molecule has 0 atom stereocenters. The highest BCUT2D eigenvalue weighted by Gasteiger charge is 2.20. The number of ether oxygens (including phenoxy) is 1. The Morgan fingerprint density at radius 3 is 2.47 bits per heavy atom. The summed E-state index contributed by atoms with van der Waals surface area (Å²) in [7, 11) is 0. The number of benzene rings is 2. The van der Waals surface area contributed by atoms with Crippen LogP contribution in [-0.2, 0) is 6.54 Å². The van der Waals surface area contributed by atoms with Crippen molar-refractivity contribution < 1.29 is 17.9 Å². The second-order valence-electron chi connectivity index (χ2n) is 4.32. The normalized spacial score (nSPS) is 13.9. The molecule has 2 aromatic rings. The summed E-state index contributed by atoms with van der Waals surface area (Å²) in [5.74, 6) is -1.09. The van der Waals surface area contributed by atoms with Gasteiger partial charge in [-0.25, -0.2) is 13.2 Å². The average Bonchev–Trinajstić information content (AvgIpc) is 2.38. The Morgan fingerprint density at radius 2 is 1.68 bits per heavy atom. The first kappa shape index (κ1) is 11.9. The molecule has 3 rings (SSSR count). The van der Waals surface area contributed by atoms with E-state index in [4.69, 9.17) is 4.74 Å². The highest BCUT2D eigenvalue weighted by atomic mass is 19.1. The molecule has 0 amide bonds. The first-order valence-electron chi connectivity index (χ1n) is 5.75. The summed E-state index contributed by atoms with van der Waals surface area (Å²) in [6, 6.07) is 7.55. The zero-order chi connectivity index (χ0) is 13.4. The molecular weight excluding hydrogens is 255 g/mol. The van der Waals surface area contributed by atoms with Crippen LogP contribution in [0.5, 0.6) is 5.75 Å². The highest BCUT2D eigenvalue weighted by molar-refractivity contribution is 5.51. The van der Waals surface area contributed by atoms with Crippen LogP contribution in [0, 0.1) is 17.5 Å². The van der Waals surface area contributed by atoms with Crippen molar-refractivity contribution in [3.8, 4) is 5.75 Å². The Kier molecular flexibility index (Phi) is 2.81. The number of rotatable bonds is 1. The minimum Gasteiger partial charge on any atom is -0.473 e. The fourth-order valence-corrected chi connectivity index (χ4v) is 2.10. The van der Waals surface area contributed by atoms with Crippen LogP contribution in [0.1, 0.15) is 5.56 Å². The largest absolute Gasteiger partial charge is 0.473 e. The van der Waals surface area contributed by atoms with Crippen LogP contribution >= 0.6 is 0 Å². The molecule has 0 aliphatic carbocycles. The molecule has 0 aromatic heterocycles. The third-order valence-electron chi connectivity index (χ3n) is 3.01. The van der Waals surface area contributed by atoms with Gasteiger partial charge in [0, 0.05) is 11.6 Å². The van der Waals surface area contributed by atoms with E-state index in [-0.39, 0.29) is 18.2 Å². The van der Waals surface area contributed by atoms with Crippen molar-refractivity contribution >= 4 is 5.69 Å². The molecule has 98 valence electrons. The van der Waals surface area contributed by atoms with Crippen LogP contribution in [0.3, 0.4) is 0 Å². The van der Waals surface area contributed by atoms with Crippen molar-refractivity contribution in [2.75, 3.05) is 11.6 Å². The molecule has 1 heterocycles. The fourth-order valence-electron chi connectivity index (χ4n) is 2.10. The van der Waals surface area contributed by atoms with Gasteiger partial charge >= 0.3 is 0 Å². The first-order valence-corrected chi connectivity index (χ1v) is 5.75. The SMILES string of the molecule is Fc1ccc(N2COc3ccc(F)cc3C2)c(F)c1. The topological polar surface area (TPSA) is 12.5 Å². The number of anilines is 1. The lowest BCUT2D eigenvalue weighted by Gasteiger charge is -2.30. The minimum atomic E-state index is -0.663. The molecule has 0 N–H and O–H groups in total. The van der Waals surface area contributed by atoms with Gasteiger partial charge in [0.15, 0.2) is 6.73 Å². The average molecular weight is 265 g/mol. The molecule has 1 aliphatic rings. The van der Waals surface area contributed by atoms with Crippen molar-refractivity contribution in [2.45, 2.75) is 6.54 Å². The molecule has 19 heavy (non-hydrogen) atoms. The van der Waals surface area contributed by atoms with Crippen molar-refractivity contribution in [3.05, 3.63) is 59.4 Å². The maximum Gasteiger partial charge on any atom is 0.161 e. The second kappa shape index (κ2) is 4.50. The second-order valence-corrected chi connectivity index (χ2v) is 4.32. The van der Waals surface area contributed by atoms with Gasteiger partial charge in [0.05, 0.1) is 12.2 Å². The van der Waals surface area contributed by atoms with Gasteiger partial charge in [-0.05, 0) is 30.3 Å². The summed E-state index contributed by atoms with van der Waals surface area (Å²) in [6.07, 6.45) is 0. The van der Waals surface area contributed by atoms with Crippen LogP contribution in [0.25, 0.3) is 0 Å². The van der Waals surface area contributed by atoms with Gasteiger partial charge in [0.2, 0.25) is 0 Å². The molecule has 0 spiro atoms. The minimum absolute atomic E-state index is 0.140. The van der Waals surface area contributed by atoms with Crippen molar-refractivity contribution in [3.63, 3.8) is 0 Å². The molecule has 0 radical (unpaired) electrons. The quantitative estimate of drug-likeness (QED) is 0.783. The summed E-state index contributed by atoms with van der Waals surface area (Å²) < 4.78 is 45.1. The monoisotopic (exact) mass is 265 g/mol. The maximum atomic E-state index is 13.7. The van der Waals surface area contributed by atoms with Crippen molar-refractivity contribution in [1.29, 1.82) is 0 Å². The molecular formula is C14H10F3NO. The lowest BCUT2D eigenvalue weighted by molar-refractivity contribution is 0.287. The summed E-state index contributed by atoms with van der Waals surface area (Å²) >= 11 is 0. The predicted molar refractivity (Wildman–Crippen MR) is 64.4 cm³/mol. The van der Waals surface area contributed by atoms with E-state index in [1.54, 1.807) is 11.0 Å². The lowest BCUT2D eigenvalue weighted by Crippen LogP contribution is -2.32. The van der Waals surface area contributed by atoms with Crippen LogP contribution in [-0.4, -0.2) is 6.73 Å². The molecule has 5 heteroatoms. The number of fused-ring (bicyclic) bond motifs is 1. The molecule has 0 fully saturated rings. The zero-order valence-corrected chi connectivity index (χ0v) is 9.87. The highest BCUT2D eigenvalue weighted by Crippen LogP contribution is 2.30. The third-order valence-corrected chi connectivity index (χ3v) is 3.01. The summed E-state index contributed by atoms with van der Waals surface area (Å²) in [4.78, 5) is 1.58. The Morgan fingerprint density at radius 1 is 0.947 bits per heavy atom. The fraction of sp³-hybridized carbons (Fsp3) is 0.143. The van der Waals surface area contributed by atoms with E-state index < -0.39 is 11.6 Å². The van der Waals surface area contributed by atoms with Gasteiger partial charge in [-0.3, -0.25) is 0 Å². The first-order chi connectivity index (χ1) is 9.13. The smallest absolute Gasteiger partial charge is 0.161 e. The molecule has 0 saturated heterocycles. The van der Waals surface area contributed by atoms with E-state index in [0.29, 0.717) is 17.9 Å². The Bertz CT molecular complexity index is 630. The predicted octanol–water partition coefficient (Wildman–Crippen LogP) is 3.46. The van der Waals surface area contributed by atoms with Gasteiger partial charge < -0.3 is 9.64 Å². The Hall–Kier alpha value is -2.17. The van der Waals surface area contributed by atoms with Crippen LogP contribution < -0.4 is 9.64 Å². The Balaban J connectivity index is 1.93. The van der Waals surface area contributed by atoms with Gasteiger partial charge in [0.25, 0.3) is 0 Å². The Labute approximate surface area is 108 Å². The van der Waals surface area contributed by atoms with Crippen molar-refractivity contribution in [2.24, 2.45) is 0 Å². The number of halogens is 3. The molecule has 2 nitrogen and oxygen atoms in total. The van der Waals surface area contributed by atoms with Gasteiger partial charge in [-0.15, -0.1) is 0 Å². The molecule has 2 aromatic carbocycles. The summed E-state index contributed by atoms with van der Waals surface area (Å²) in [5.41, 5.74) is 0.867. The molecule has 1 aliphatic heterocycles. The summed E-state index contributed by atoms with van der Waals surface area (Å²) in [6.45, 7) is 0.455. The molecule has 0 saturated carbocycles. The standard InChI is InChI=1S/C14H10F3NO/c15-10-2-4-14-9(5-10)7-18(8-19-14)13-3-1-11(16)6-12(13)17/h1-6H,7-8H2. The van der Waals surface area contributed by atoms with E-state index >= 15 is 0 Å². The van der Waals surface area contributed by atoms with Crippen LogP contribution in [0.4, 0.5) is 18.9 Å². The van der Waals surface area contributed by atoms with Crippen molar-refractivity contribution in [1.82, 2.24) is 0 Å².